The Morgan fingerprint density at radius 2 is 2.21 bits per heavy atom. The van der Waals surface area contributed by atoms with Crippen molar-refractivity contribution in [3.8, 4) is 0 Å². The molecule has 2 rings (SSSR count). The van der Waals surface area contributed by atoms with Crippen molar-refractivity contribution in [2.75, 3.05) is 16.8 Å². The van der Waals surface area contributed by atoms with Crippen molar-refractivity contribution in [2.45, 2.75) is 64.3 Å². The molecule has 0 amide bonds. The summed E-state index contributed by atoms with van der Waals surface area (Å²) in [5.74, 6) is 2.25. The van der Waals surface area contributed by atoms with Gasteiger partial charge < -0.3 is 11.1 Å². The van der Waals surface area contributed by atoms with Crippen molar-refractivity contribution in [1.29, 1.82) is 0 Å². The monoisotopic (exact) mass is 282 g/mol. The van der Waals surface area contributed by atoms with Gasteiger partial charge in [-0.05, 0) is 38.4 Å². The van der Waals surface area contributed by atoms with E-state index in [1.165, 1.54) is 25.0 Å². The fraction of sp³-hybridized carbons (Fsp3) is 0.786. The summed E-state index contributed by atoms with van der Waals surface area (Å²) < 4.78 is 2.03. The lowest BCUT2D eigenvalue weighted by Crippen LogP contribution is -2.20. The standard InChI is InChI=1S/C14H26N4S/c1-4-8-18-14(13(15)10(3)17-18)16-11-6-7-12(9-11)19-5-2/h11-12,16H,4-9,15H2,1-3H3. The average Bonchev–Trinajstić information content (AvgIpc) is 2.91. The smallest absolute Gasteiger partial charge is 0.148 e. The molecule has 1 aliphatic rings. The first-order valence-electron chi connectivity index (χ1n) is 7.36. The Labute approximate surface area is 120 Å². The lowest BCUT2D eigenvalue weighted by atomic mass is 10.2. The Balaban J connectivity index is 2.03. The first-order chi connectivity index (χ1) is 9.15. The Hall–Kier alpha value is -0.840. The van der Waals surface area contributed by atoms with Gasteiger partial charge in [-0.2, -0.15) is 16.9 Å². The second-order valence-corrected chi connectivity index (χ2v) is 6.88. The van der Waals surface area contributed by atoms with Crippen LogP contribution in [0.5, 0.6) is 0 Å². The number of nitrogen functional groups attached to an aromatic ring is 1. The van der Waals surface area contributed by atoms with Crippen LogP contribution < -0.4 is 11.1 Å². The van der Waals surface area contributed by atoms with E-state index in [9.17, 15) is 0 Å². The van der Waals surface area contributed by atoms with Gasteiger partial charge in [-0.25, -0.2) is 4.68 Å². The molecule has 0 bridgehead atoms. The van der Waals surface area contributed by atoms with Gasteiger partial charge in [-0.15, -0.1) is 0 Å². The quantitative estimate of drug-likeness (QED) is 0.841. The predicted octanol–water partition coefficient (Wildman–Crippen LogP) is 3.27. The lowest BCUT2D eigenvalue weighted by Gasteiger charge is -2.16. The number of rotatable bonds is 6. The van der Waals surface area contributed by atoms with Crippen LogP contribution in [0.25, 0.3) is 0 Å². The Morgan fingerprint density at radius 1 is 1.42 bits per heavy atom. The van der Waals surface area contributed by atoms with Gasteiger partial charge >= 0.3 is 0 Å². The Kier molecular flexibility index (Phi) is 5.02. The maximum absolute atomic E-state index is 6.15. The molecule has 1 aromatic heterocycles. The Bertz CT molecular complexity index is 416. The molecule has 3 N–H and O–H groups in total. The minimum absolute atomic E-state index is 0.554. The zero-order valence-corrected chi connectivity index (χ0v) is 13.1. The van der Waals surface area contributed by atoms with Crippen molar-refractivity contribution in [3.05, 3.63) is 5.69 Å². The van der Waals surface area contributed by atoms with Crippen LogP contribution in [0.3, 0.4) is 0 Å². The molecule has 4 nitrogen and oxygen atoms in total. The third-order valence-corrected chi connectivity index (χ3v) is 4.97. The van der Waals surface area contributed by atoms with Gasteiger partial charge in [0.1, 0.15) is 5.82 Å². The number of hydrogen-bond acceptors (Lipinski definition) is 4. The van der Waals surface area contributed by atoms with Crippen molar-refractivity contribution in [1.82, 2.24) is 9.78 Å². The highest BCUT2D eigenvalue weighted by molar-refractivity contribution is 7.99. The summed E-state index contributed by atoms with van der Waals surface area (Å²) in [6.45, 7) is 7.32. The summed E-state index contributed by atoms with van der Waals surface area (Å²) >= 11 is 2.08. The normalized spacial score (nSPS) is 22.9. The molecule has 0 radical (unpaired) electrons. The van der Waals surface area contributed by atoms with Crippen LogP contribution >= 0.6 is 11.8 Å². The number of nitrogens with two attached hydrogens (primary N) is 1. The van der Waals surface area contributed by atoms with E-state index in [2.05, 4.69) is 36.0 Å². The third-order valence-electron chi connectivity index (χ3n) is 3.74. The summed E-state index contributed by atoms with van der Waals surface area (Å²) in [4.78, 5) is 0. The molecule has 0 aliphatic heterocycles. The van der Waals surface area contributed by atoms with E-state index >= 15 is 0 Å². The highest BCUT2D eigenvalue weighted by Gasteiger charge is 2.26. The first-order valence-corrected chi connectivity index (χ1v) is 8.41. The molecule has 19 heavy (non-hydrogen) atoms. The maximum Gasteiger partial charge on any atom is 0.148 e. The van der Waals surface area contributed by atoms with E-state index in [0.717, 1.165) is 35.4 Å². The maximum atomic E-state index is 6.15. The van der Waals surface area contributed by atoms with Gasteiger partial charge in [0, 0.05) is 17.8 Å². The van der Waals surface area contributed by atoms with Gasteiger partial charge in [0.2, 0.25) is 0 Å². The minimum Gasteiger partial charge on any atom is -0.394 e. The molecule has 5 heteroatoms. The summed E-state index contributed by atoms with van der Waals surface area (Å²) in [6.07, 6.45) is 4.88. The topological polar surface area (TPSA) is 55.9 Å². The molecule has 1 aliphatic carbocycles. The fourth-order valence-electron chi connectivity index (χ4n) is 2.77. The molecule has 0 saturated heterocycles. The fourth-order valence-corrected chi connectivity index (χ4v) is 3.92. The number of aromatic nitrogens is 2. The molecule has 0 spiro atoms. The molecule has 2 unspecified atom stereocenters. The van der Waals surface area contributed by atoms with Crippen LogP contribution in [0.4, 0.5) is 11.5 Å². The molecular formula is C14H26N4S. The highest BCUT2D eigenvalue weighted by Crippen LogP contribution is 2.33. The van der Waals surface area contributed by atoms with Crippen LogP contribution in [-0.4, -0.2) is 26.8 Å². The molecule has 1 fully saturated rings. The molecule has 0 aromatic carbocycles. The third kappa shape index (κ3) is 3.38. The van der Waals surface area contributed by atoms with E-state index < -0.39 is 0 Å². The average molecular weight is 282 g/mol. The van der Waals surface area contributed by atoms with Crippen molar-refractivity contribution < 1.29 is 0 Å². The number of nitrogens with zero attached hydrogens (tertiary/aromatic N) is 2. The van der Waals surface area contributed by atoms with Gasteiger partial charge in [0.25, 0.3) is 0 Å². The van der Waals surface area contributed by atoms with Crippen molar-refractivity contribution in [3.63, 3.8) is 0 Å². The number of aryl methyl sites for hydroxylation is 2. The van der Waals surface area contributed by atoms with Gasteiger partial charge in [-0.1, -0.05) is 13.8 Å². The van der Waals surface area contributed by atoms with E-state index in [1.807, 2.05) is 11.6 Å². The van der Waals surface area contributed by atoms with Crippen LogP contribution in [-0.2, 0) is 6.54 Å². The SMILES string of the molecule is CCCn1nc(C)c(N)c1NC1CCC(SCC)C1. The lowest BCUT2D eigenvalue weighted by molar-refractivity contribution is 0.595. The number of nitrogens with one attached hydrogen (secondary N) is 1. The van der Waals surface area contributed by atoms with Gasteiger partial charge in [0.15, 0.2) is 0 Å². The van der Waals surface area contributed by atoms with Crippen LogP contribution in [0.1, 0.15) is 45.2 Å². The molecule has 1 saturated carbocycles. The van der Waals surface area contributed by atoms with Gasteiger partial charge in [0.05, 0.1) is 11.4 Å². The second-order valence-electron chi connectivity index (χ2n) is 5.30. The summed E-state index contributed by atoms with van der Waals surface area (Å²) in [6, 6.07) is 0.554. The highest BCUT2D eigenvalue weighted by atomic mass is 32.2. The molecule has 2 atom stereocenters. The van der Waals surface area contributed by atoms with Crippen molar-refractivity contribution in [2.24, 2.45) is 0 Å². The van der Waals surface area contributed by atoms with E-state index in [4.69, 9.17) is 5.73 Å². The van der Waals surface area contributed by atoms with E-state index in [-0.39, 0.29) is 0 Å². The molecule has 1 heterocycles. The van der Waals surface area contributed by atoms with Crippen LogP contribution in [0, 0.1) is 6.92 Å². The van der Waals surface area contributed by atoms with Crippen LogP contribution in [0.2, 0.25) is 0 Å². The zero-order chi connectivity index (χ0) is 13.8. The number of hydrogen-bond donors (Lipinski definition) is 2. The first kappa shape index (κ1) is 14.6. The molecule has 108 valence electrons. The molecule has 1 aromatic rings. The minimum atomic E-state index is 0.554. The zero-order valence-electron chi connectivity index (χ0n) is 12.3. The summed E-state index contributed by atoms with van der Waals surface area (Å²) in [5, 5.41) is 8.97. The number of anilines is 2. The molecular weight excluding hydrogens is 256 g/mol. The van der Waals surface area contributed by atoms with Gasteiger partial charge in [-0.3, -0.25) is 0 Å². The van der Waals surface area contributed by atoms with Crippen molar-refractivity contribution >= 4 is 23.3 Å². The number of thioether (sulfide) groups is 1. The Morgan fingerprint density at radius 3 is 2.89 bits per heavy atom. The van der Waals surface area contributed by atoms with E-state index in [1.54, 1.807) is 0 Å². The van der Waals surface area contributed by atoms with E-state index in [0.29, 0.717) is 6.04 Å². The second kappa shape index (κ2) is 6.55. The summed E-state index contributed by atoms with van der Waals surface area (Å²) in [7, 11) is 0. The largest absolute Gasteiger partial charge is 0.394 e. The predicted molar refractivity (Wildman–Crippen MR) is 84.8 cm³/mol. The van der Waals surface area contributed by atoms with Crippen LogP contribution in [0.15, 0.2) is 0 Å². The summed E-state index contributed by atoms with van der Waals surface area (Å²) in [5.41, 5.74) is 7.91.